The summed E-state index contributed by atoms with van der Waals surface area (Å²) in [6.45, 7) is -0.313. The monoisotopic (exact) mass is 441 g/mol. The van der Waals surface area contributed by atoms with Crippen molar-refractivity contribution in [2.45, 2.75) is 6.18 Å². The SMILES string of the molecule is COc1ccc(N2C(=O)NCC(C(=O)Nc3cc(C(F)(F)F)ccc3Cl)C2=O)cc1. The highest BCUT2D eigenvalue weighted by molar-refractivity contribution is 6.34. The van der Waals surface area contributed by atoms with E-state index < -0.39 is 35.5 Å². The summed E-state index contributed by atoms with van der Waals surface area (Å²) in [5.41, 5.74) is -1.10. The number of halogens is 4. The summed E-state index contributed by atoms with van der Waals surface area (Å²) in [5.74, 6) is -2.60. The largest absolute Gasteiger partial charge is 0.497 e. The molecule has 7 nitrogen and oxygen atoms in total. The van der Waals surface area contributed by atoms with Gasteiger partial charge in [-0.1, -0.05) is 11.6 Å². The topological polar surface area (TPSA) is 87.7 Å². The lowest BCUT2D eigenvalue weighted by Gasteiger charge is -2.30. The minimum Gasteiger partial charge on any atom is -0.497 e. The van der Waals surface area contributed by atoms with Crippen LogP contribution in [0, 0.1) is 5.92 Å². The summed E-state index contributed by atoms with van der Waals surface area (Å²) < 4.78 is 43.8. The smallest absolute Gasteiger partial charge is 0.416 e. The number of carbonyl (C=O) groups excluding carboxylic acids is 3. The summed E-state index contributed by atoms with van der Waals surface area (Å²) in [4.78, 5) is 38.4. The molecule has 2 aromatic rings. The van der Waals surface area contributed by atoms with Gasteiger partial charge in [-0.15, -0.1) is 0 Å². The number of benzene rings is 2. The first-order valence-electron chi connectivity index (χ1n) is 8.55. The molecule has 1 fully saturated rings. The van der Waals surface area contributed by atoms with E-state index in [1.807, 2.05) is 0 Å². The van der Waals surface area contributed by atoms with E-state index in [0.29, 0.717) is 11.8 Å². The maximum Gasteiger partial charge on any atom is 0.416 e. The Labute approximate surface area is 173 Å². The molecular formula is C19H15ClF3N3O4. The number of hydrogen-bond acceptors (Lipinski definition) is 4. The Morgan fingerprint density at radius 1 is 1.20 bits per heavy atom. The lowest BCUT2D eigenvalue weighted by Crippen LogP contribution is -2.58. The van der Waals surface area contributed by atoms with E-state index in [0.717, 1.165) is 17.0 Å². The van der Waals surface area contributed by atoms with E-state index in [4.69, 9.17) is 16.3 Å². The van der Waals surface area contributed by atoms with E-state index in [9.17, 15) is 27.6 Å². The van der Waals surface area contributed by atoms with E-state index >= 15 is 0 Å². The molecule has 0 aromatic heterocycles. The molecule has 2 N–H and O–H groups in total. The van der Waals surface area contributed by atoms with Crippen molar-refractivity contribution >= 4 is 40.8 Å². The lowest BCUT2D eigenvalue weighted by molar-refractivity contribution is -0.137. The van der Waals surface area contributed by atoms with Crippen LogP contribution < -0.4 is 20.3 Å². The van der Waals surface area contributed by atoms with Crippen molar-refractivity contribution < 1.29 is 32.3 Å². The maximum atomic E-state index is 12.9. The predicted molar refractivity (Wildman–Crippen MR) is 102 cm³/mol. The molecule has 1 unspecified atom stereocenters. The Kier molecular flexibility index (Phi) is 5.88. The highest BCUT2D eigenvalue weighted by Gasteiger charge is 2.40. The van der Waals surface area contributed by atoms with Crippen molar-refractivity contribution in [1.29, 1.82) is 0 Å². The fourth-order valence-electron chi connectivity index (χ4n) is 2.81. The first-order valence-corrected chi connectivity index (χ1v) is 8.93. The molecule has 2 aromatic carbocycles. The number of methoxy groups -OCH3 is 1. The zero-order chi connectivity index (χ0) is 22.1. The fourth-order valence-corrected chi connectivity index (χ4v) is 2.97. The average Bonchev–Trinajstić information content (AvgIpc) is 2.69. The number of rotatable bonds is 4. The van der Waals surface area contributed by atoms with Gasteiger partial charge in [0, 0.05) is 6.54 Å². The van der Waals surface area contributed by atoms with Gasteiger partial charge in [0.1, 0.15) is 11.7 Å². The number of carbonyl (C=O) groups is 3. The minimum absolute atomic E-state index is 0.129. The number of imide groups is 1. The van der Waals surface area contributed by atoms with Gasteiger partial charge in [0.15, 0.2) is 0 Å². The number of amides is 4. The van der Waals surface area contributed by atoms with E-state index in [-0.39, 0.29) is 22.9 Å². The summed E-state index contributed by atoms with van der Waals surface area (Å²) in [5, 5.41) is 4.53. The van der Waals surface area contributed by atoms with Gasteiger partial charge in [-0.25, -0.2) is 9.69 Å². The Balaban J connectivity index is 1.82. The molecule has 158 valence electrons. The number of urea groups is 1. The molecule has 0 radical (unpaired) electrons. The molecule has 0 aliphatic carbocycles. The standard InChI is InChI=1S/C19H15ClF3N3O4/c1-30-12-5-3-11(4-6-12)26-17(28)13(9-24-18(26)29)16(27)25-15-8-10(19(21,22)23)2-7-14(15)20/h2-8,13H,9H2,1H3,(H,24,29)(H,25,27). The molecular weight excluding hydrogens is 427 g/mol. The third-order valence-corrected chi connectivity index (χ3v) is 4.71. The van der Waals surface area contributed by atoms with Crippen LogP contribution in [0.15, 0.2) is 42.5 Å². The third-order valence-electron chi connectivity index (χ3n) is 4.38. The van der Waals surface area contributed by atoms with Crippen molar-refractivity contribution in [3.8, 4) is 5.75 Å². The molecule has 1 heterocycles. The first-order chi connectivity index (χ1) is 14.1. The van der Waals surface area contributed by atoms with Gasteiger partial charge in [0.2, 0.25) is 11.8 Å². The third kappa shape index (κ3) is 4.33. The number of nitrogens with zero attached hydrogens (tertiary/aromatic N) is 1. The van der Waals surface area contributed by atoms with Crippen LogP contribution in [0.1, 0.15) is 5.56 Å². The Hall–Kier alpha value is -3.27. The van der Waals surface area contributed by atoms with Gasteiger partial charge in [-0.05, 0) is 42.5 Å². The van der Waals surface area contributed by atoms with E-state index in [2.05, 4.69) is 10.6 Å². The Bertz CT molecular complexity index is 996. The van der Waals surface area contributed by atoms with Crippen LogP contribution in [-0.4, -0.2) is 31.5 Å². The summed E-state index contributed by atoms with van der Waals surface area (Å²) in [7, 11) is 1.45. The zero-order valence-electron chi connectivity index (χ0n) is 15.4. The van der Waals surface area contributed by atoms with Gasteiger partial charge in [-0.2, -0.15) is 13.2 Å². The number of ether oxygens (including phenoxy) is 1. The van der Waals surface area contributed by atoms with Gasteiger partial charge in [-0.3, -0.25) is 9.59 Å². The molecule has 0 spiro atoms. The van der Waals surface area contributed by atoms with Gasteiger partial charge in [0.25, 0.3) is 0 Å². The van der Waals surface area contributed by atoms with Gasteiger partial charge < -0.3 is 15.4 Å². The Morgan fingerprint density at radius 2 is 1.87 bits per heavy atom. The van der Waals surface area contributed by atoms with Crippen molar-refractivity contribution in [3.05, 3.63) is 53.1 Å². The molecule has 11 heteroatoms. The Morgan fingerprint density at radius 3 is 2.47 bits per heavy atom. The van der Waals surface area contributed by atoms with Crippen molar-refractivity contribution in [3.63, 3.8) is 0 Å². The number of nitrogens with one attached hydrogen (secondary N) is 2. The molecule has 4 amide bonds. The number of alkyl halides is 3. The summed E-state index contributed by atoms with van der Waals surface area (Å²) in [6, 6.07) is 7.69. The van der Waals surface area contributed by atoms with Crippen LogP contribution in [-0.2, 0) is 15.8 Å². The normalized spacial score (nSPS) is 16.8. The molecule has 1 aliphatic heterocycles. The number of hydrogen-bond donors (Lipinski definition) is 2. The average molecular weight is 442 g/mol. The second kappa shape index (κ2) is 8.23. The van der Waals surface area contributed by atoms with Crippen LogP contribution in [0.2, 0.25) is 5.02 Å². The van der Waals surface area contributed by atoms with Crippen molar-refractivity contribution in [1.82, 2.24) is 5.32 Å². The maximum absolute atomic E-state index is 12.9. The summed E-state index contributed by atoms with van der Waals surface area (Å²) in [6.07, 6.45) is -4.64. The zero-order valence-corrected chi connectivity index (χ0v) is 16.2. The molecule has 0 bridgehead atoms. The molecule has 1 atom stereocenters. The van der Waals surface area contributed by atoms with Gasteiger partial charge in [0.05, 0.1) is 29.1 Å². The molecule has 1 saturated heterocycles. The second-order valence-electron chi connectivity index (χ2n) is 6.29. The predicted octanol–water partition coefficient (Wildman–Crippen LogP) is 3.68. The summed E-state index contributed by atoms with van der Waals surface area (Å²) >= 11 is 5.88. The van der Waals surface area contributed by atoms with E-state index in [1.165, 1.54) is 31.4 Å². The lowest BCUT2D eigenvalue weighted by atomic mass is 10.0. The van der Waals surface area contributed by atoms with Gasteiger partial charge >= 0.3 is 12.2 Å². The van der Waals surface area contributed by atoms with Crippen LogP contribution in [0.3, 0.4) is 0 Å². The first kappa shape index (κ1) is 21.4. The van der Waals surface area contributed by atoms with Crippen LogP contribution in [0.25, 0.3) is 0 Å². The van der Waals surface area contributed by atoms with Crippen molar-refractivity contribution in [2.24, 2.45) is 5.92 Å². The van der Waals surface area contributed by atoms with Crippen LogP contribution >= 0.6 is 11.6 Å². The molecule has 0 saturated carbocycles. The highest BCUT2D eigenvalue weighted by atomic mass is 35.5. The molecule has 30 heavy (non-hydrogen) atoms. The van der Waals surface area contributed by atoms with E-state index in [1.54, 1.807) is 0 Å². The van der Waals surface area contributed by atoms with Crippen LogP contribution in [0.4, 0.5) is 29.3 Å². The van der Waals surface area contributed by atoms with Crippen LogP contribution in [0.5, 0.6) is 5.75 Å². The highest BCUT2D eigenvalue weighted by Crippen LogP contribution is 2.34. The second-order valence-corrected chi connectivity index (χ2v) is 6.70. The quantitative estimate of drug-likeness (QED) is 0.708. The minimum atomic E-state index is -4.64. The fraction of sp³-hybridized carbons (Fsp3) is 0.211. The van der Waals surface area contributed by atoms with Crippen molar-refractivity contribution in [2.75, 3.05) is 23.9 Å². The molecule has 1 aliphatic rings. The molecule has 3 rings (SSSR count). The number of anilines is 2.